The normalized spacial score (nSPS) is 10.9. The molecule has 0 bridgehead atoms. The third kappa shape index (κ3) is 7.75. The van der Waals surface area contributed by atoms with Gasteiger partial charge in [0.05, 0.1) is 27.9 Å². The van der Waals surface area contributed by atoms with Gasteiger partial charge in [-0.3, -0.25) is 4.79 Å². The van der Waals surface area contributed by atoms with Crippen LogP contribution in [0.4, 0.5) is 0 Å². The first-order valence-electron chi connectivity index (χ1n) is 9.07. The molecule has 1 N–H and O–H groups in total. The number of carbonyl (C=O) groups is 2. The van der Waals surface area contributed by atoms with Gasteiger partial charge in [0.15, 0.2) is 11.5 Å². The zero-order valence-corrected chi connectivity index (χ0v) is 17.9. The third-order valence-electron chi connectivity index (χ3n) is 3.70. The van der Waals surface area contributed by atoms with Gasteiger partial charge in [-0.15, -0.1) is 0 Å². The number of nitriles is 1. The van der Waals surface area contributed by atoms with E-state index in [9.17, 15) is 9.59 Å². The Morgan fingerprint density at radius 3 is 2.27 bits per heavy atom. The van der Waals surface area contributed by atoms with Gasteiger partial charge in [0.1, 0.15) is 11.6 Å². The van der Waals surface area contributed by atoms with Gasteiger partial charge >= 0.3 is 5.97 Å². The monoisotopic (exact) mass is 417 g/mol. The molecule has 0 heterocycles. The number of esters is 1. The summed E-state index contributed by atoms with van der Waals surface area (Å²) in [7, 11) is 7.96. The van der Waals surface area contributed by atoms with E-state index in [0.29, 0.717) is 29.2 Å². The van der Waals surface area contributed by atoms with Crippen molar-refractivity contribution in [1.82, 2.24) is 10.2 Å². The molecule has 0 radical (unpaired) electrons. The van der Waals surface area contributed by atoms with Crippen molar-refractivity contribution in [3.63, 3.8) is 0 Å². The zero-order valence-electron chi connectivity index (χ0n) is 17.9. The summed E-state index contributed by atoms with van der Waals surface area (Å²) in [6.45, 7) is 0.396. The van der Waals surface area contributed by atoms with E-state index in [1.807, 2.05) is 6.07 Å². The molecule has 9 nitrogen and oxygen atoms in total. The summed E-state index contributed by atoms with van der Waals surface area (Å²) < 4.78 is 20.9. The number of ether oxygens (including phenoxy) is 4. The lowest BCUT2D eigenvalue weighted by Gasteiger charge is -2.12. The number of carbonyl (C=O) groups excluding carboxylic acids is 2. The van der Waals surface area contributed by atoms with Crippen LogP contribution in [0.15, 0.2) is 30.0 Å². The minimum absolute atomic E-state index is 0.00489. The molecular weight excluding hydrogens is 390 g/mol. The number of hydrogen-bond acceptors (Lipinski definition) is 8. The van der Waals surface area contributed by atoms with Crippen molar-refractivity contribution in [1.29, 1.82) is 5.26 Å². The maximum absolute atomic E-state index is 11.9. The maximum atomic E-state index is 11.9. The highest BCUT2D eigenvalue weighted by Crippen LogP contribution is 2.38. The molecule has 0 saturated carbocycles. The quantitative estimate of drug-likeness (QED) is 0.251. The smallest absolute Gasteiger partial charge is 0.330 e. The molecule has 0 unspecified atom stereocenters. The van der Waals surface area contributed by atoms with Crippen LogP contribution >= 0.6 is 0 Å². The molecule has 30 heavy (non-hydrogen) atoms. The lowest BCUT2D eigenvalue weighted by molar-refractivity contribution is -0.137. The molecule has 1 aromatic carbocycles. The Balaban J connectivity index is 2.52. The summed E-state index contributed by atoms with van der Waals surface area (Å²) in [6.07, 6.45) is 4.70. The van der Waals surface area contributed by atoms with Gasteiger partial charge < -0.3 is 29.2 Å². The van der Waals surface area contributed by atoms with Crippen LogP contribution in [0, 0.1) is 11.3 Å². The highest BCUT2D eigenvalue weighted by atomic mass is 16.5. The average Bonchev–Trinajstić information content (AvgIpc) is 2.74. The highest BCUT2D eigenvalue weighted by molar-refractivity contribution is 5.97. The van der Waals surface area contributed by atoms with E-state index in [-0.39, 0.29) is 18.7 Å². The Morgan fingerprint density at radius 1 is 1.13 bits per heavy atom. The summed E-state index contributed by atoms with van der Waals surface area (Å²) >= 11 is 0. The Hall–Kier alpha value is -3.67. The van der Waals surface area contributed by atoms with Crippen LogP contribution in [0.1, 0.15) is 12.0 Å². The van der Waals surface area contributed by atoms with E-state index in [4.69, 9.17) is 24.2 Å². The fraction of sp³-hybridized carbons (Fsp3) is 0.381. The van der Waals surface area contributed by atoms with Crippen LogP contribution in [0.3, 0.4) is 0 Å². The Morgan fingerprint density at radius 2 is 1.77 bits per heavy atom. The van der Waals surface area contributed by atoms with Crippen molar-refractivity contribution in [3.8, 4) is 23.3 Å². The van der Waals surface area contributed by atoms with Crippen LogP contribution in [-0.4, -0.2) is 65.4 Å². The van der Waals surface area contributed by atoms with Crippen molar-refractivity contribution in [3.05, 3.63) is 35.5 Å². The lowest BCUT2D eigenvalue weighted by Crippen LogP contribution is -2.27. The van der Waals surface area contributed by atoms with Crippen LogP contribution < -0.4 is 19.5 Å². The molecule has 9 heteroatoms. The molecule has 1 rings (SSSR count). The van der Waals surface area contributed by atoms with Crippen LogP contribution in [0.5, 0.6) is 17.2 Å². The van der Waals surface area contributed by atoms with Gasteiger partial charge in [-0.05, 0) is 30.2 Å². The molecule has 0 atom stereocenters. The van der Waals surface area contributed by atoms with Gasteiger partial charge in [-0.1, -0.05) is 0 Å². The van der Waals surface area contributed by atoms with E-state index in [1.54, 1.807) is 37.2 Å². The van der Waals surface area contributed by atoms with Crippen molar-refractivity contribution in [2.24, 2.45) is 0 Å². The minimum atomic E-state index is -0.528. The van der Waals surface area contributed by atoms with Crippen molar-refractivity contribution in [2.75, 3.05) is 48.6 Å². The van der Waals surface area contributed by atoms with Gasteiger partial charge in [0.25, 0.3) is 5.91 Å². The predicted octanol–water partition coefficient (Wildman–Crippen LogP) is 1.74. The SMILES string of the molecule is COc1cc(/C=C/C(=O)OCCCNC(=O)/C(C#N)=C/N(C)C)cc(OC)c1OC. The fourth-order valence-corrected chi connectivity index (χ4v) is 2.35. The molecule has 0 aliphatic rings. The first-order valence-corrected chi connectivity index (χ1v) is 9.07. The summed E-state index contributed by atoms with van der Waals surface area (Å²) in [5.74, 6) is 0.406. The minimum Gasteiger partial charge on any atom is -0.493 e. The zero-order chi connectivity index (χ0) is 22.5. The molecule has 1 amide bonds. The fourth-order valence-electron chi connectivity index (χ4n) is 2.35. The second-order valence-electron chi connectivity index (χ2n) is 6.19. The molecular formula is C21H27N3O6. The number of benzene rings is 1. The van der Waals surface area contributed by atoms with Gasteiger partial charge in [-0.2, -0.15) is 5.26 Å². The molecule has 1 aromatic rings. The molecule has 0 spiro atoms. The van der Waals surface area contributed by atoms with E-state index < -0.39 is 11.9 Å². The number of methoxy groups -OCH3 is 3. The first kappa shape index (κ1) is 24.4. The topological polar surface area (TPSA) is 110 Å². The summed E-state index contributed by atoms with van der Waals surface area (Å²) in [5, 5.41) is 11.6. The summed E-state index contributed by atoms with van der Waals surface area (Å²) in [5.41, 5.74) is 0.677. The third-order valence-corrected chi connectivity index (χ3v) is 3.70. The second kappa shape index (κ2) is 12.7. The van der Waals surface area contributed by atoms with Crippen molar-refractivity contribution < 1.29 is 28.5 Å². The number of nitrogens with zero attached hydrogens (tertiary/aromatic N) is 2. The largest absolute Gasteiger partial charge is 0.493 e. The molecule has 0 saturated heterocycles. The Bertz CT molecular complexity index is 815. The average molecular weight is 417 g/mol. The molecule has 0 aromatic heterocycles. The van der Waals surface area contributed by atoms with Crippen molar-refractivity contribution in [2.45, 2.75) is 6.42 Å². The van der Waals surface area contributed by atoms with E-state index in [0.717, 1.165) is 0 Å². The number of hydrogen-bond donors (Lipinski definition) is 1. The molecule has 0 aliphatic carbocycles. The summed E-state index contributed by atoms with van der Waals surface area (Å²) in [6, 6.07) is 5.24. The second-order valence-corrected chi connectivity index (χ2v) is 6.19. The Labute approximate surface area is 176 Å². The van der Waals surface area contributed by atoms with Gasteiger partial charge in [0, 0.05) is 32.9 Å². The van der Waals surface area contributed by atoms with E-state index >= 15 is 0 Å². The molecule has 0 aliphatic heterocycles. The van der Waals surface area contributed by atoms with E-state index in [1.165, 1.54) is 33.6 Å². The number of rotatable bonds is 11. The van der Waals surface area contributed by atoms with Crippen molar-refractivity contribution >= 4 is 18.0 Å². The standard InChI is InChI=1S/C21H27N3O6/c1-24(2)14-16(13-22)21(26)23-9-6-10-30-19(25)8-7-15-11-17(27-3)20(29-5)18(12-15)28-4/h7-8,11-12,14H,6,9-10H2,1-5H3,(H,23,26)/b8-7+,16-14+. The lowest BCUT2D eigenvalue weighted by atomic mass is 10.1. The first-order chi connectivity index (χ1) is 14.4. The maximum Gasteiger partial charge on any atom is 0.330 e. The molecule has 0 fully saturated rings. The van der Waals surface area contributed by atoms with Crippen LogP contribution in [0.25, 0.3) is 6.08 Å². The number of amides is 1. The van der Waals surface area contributed by atoms with E-state index in [2.05, 4.69) is 5.32 Å². The Kier molecular flexibility index (Phi) is 10.3. The van der Waals surface area contributed by atoms with Crippen LogP contribution in [0.2, 0.25) is 0 Å². The highest BCUT2D eigenvalue weighted by Gasteiger charge is 2.12. The van der Waals surface area contributed by atoms with Gasteiger partial charge in [-0.25, -0.2) is 4.79 Å². The van der Waals surface area contributed by atoms with Gasteiger partial charge in [0.2, 0.25) is 5.75 Å². The number of nitrogens with one attached hydrogen (secondary N) is 1. The van der Waals surface area contributed by atoms with Crippen LogP contribution in [-0.2, 0) is 14.3 Å². The molecule has 162 valence electrons. The summed E-state index contributed by atoms with van der Waals surface area (Å²) in [4.78, 5) is 25.3. The predicted molar refractivity (Wildman–Crippen MR) is 111 cm³/mol.